The van der Waals surface area contributed by atoms with Crippen LogP contribution in [0, 0.1) is 0 Å². The number of amides is 1. The second kappa shape index (κ2) is 11.2. The van der Waals surface area contributed by atoms with Gasteiger partial charge in [-0.25, -0.2) is 5.43 Å². The molecule has 4 aromatic rings. The maximum Gasteiger partial charge on any atom is 0.289 e. The molecule has 9 heteroatoms. The Hall–Kier alpha value is -4.30. The summed E-state index contributed by atoms with van der Waals surface area (Å²) in [5.74, 6) is 1.42. The summed E-state index contributed by atoms with van der Waals surface area (Å²) in [6, 6.07) is 21.9. The third-order valence-corrected chi connectivity index (χ3v) is 5.46. The molecule has 0 aliphatic carbocycles. The Balaban J connectivity index is 1.39. The fraction of sp³-hybridized carbons (Fsp3) is 0.115. The van der Waals surface area contributed by atoms with Gasteiger partial charge in [-0.15, -0.1) is 0 Å². The highest BCUT2D eigenvalue weighted by Crippen LogP contribution is 2.27. The molecule has 0 bridgehead atoms. The zero-order chi connectivity index (χ0) is 24.6. The third kappa shape index (κ3) is 5.99. The normalized spacial score (nSPS) is 10.8. The number of hydrogen-bond donors (Lipinski definition) is 2. The molecule has 0 fully saturated rings. The number of nitrogens with one attached hydrogen (secondary N) is 2. The Bertz CT molecular complexity index is 1350. The van der Waals surface area contributed by atoms with E-state index in [1.54, 1.807) is 38.5 Å². The number of ether oxygens (including phenoxy) is 3. The van der Waals surface area contributed by atoms with Crippen LogP contribution in [-0.2, 0) is 6.61 Å². The topological polar surface area (TPSA) is 97.8 Å². The zero-order valence-corrected chi connectivity index (χ0v) is 19.9. The molecular weight excluding hydrogens is 468 g/mol. The summed E-state index contributed by atoms with van der Waals surface area (Å²) in [5, 5.41) is 11.6. The van der Waals surface area contributed by atoms with E-state index in [1.165, 1.54) is 6.21 Å². The summed E-state index contributed by atoms with van der Waals surface area (Å²) in [6.07, 6.45) is 1.51. The van der Waals surface area contributed by atoms with Crippen LogP contribution >= 0.6 is 11.6 Å². The molecule has 1 heterocycles. The van der Waals surface area contributed by atoms with E-state index in [-0.39, 0.29) is 5.69 Å². The van der Waals surface area contributed by atoms with Crippen LogP contribution in [0.5, 0.6) is 17.2 Å². The van der Waals surface area contributed by atoms with E-state index >= 15 is 0 Å². The Morgan fingerprint density at radius 2 is 1.86 bits per heavy atom. The quantitative estimate of drug-likeness (QED) is 0.251. The summed E-state index contributed by atoms with van der Waals surface area (Å²) in [7, 11) is 3.12. The van der Waals surface area contributed by atoms with Crippen molar-refractivity contribution in [3.63, 3.8) is 0 Å². The monoisotopic (exact) mass is 490 g/mol. The first-order valence-electron chi connectivity index (χ1n) is 10.6. The molecule has 0 unspecified atom stereocenters. The minimum Gasteiger partial charge on any atom is -0.493 e. The van der Waals surface area contributed by atoms with Gasteiger partial charge >= 0.3 is 0 Å². The number of carbonyl (C=O) groups is 1. The number of aromatic amines is 1. The molecule has 178 valence electrons. The summed E-state index contributed by atoms with van der Waals surface area (Å²) in [6.45, 7) is 0.343. The van der Waals surface area contributed by atoms with Crippen molar-refractivity contribution in [2.24, 2.45) is 5.10 Å². The van der Waals surface area contributed by atoms with Crippen LogP contribution in [-0.4, -0.2) is 36.5 Å². The lowest BCUT2D eigenvalue weighted by Gasteiger charge is -2.08. The number of carbonyl (C=O) groups excluding carboxylic acids is 1. The minimum atomic E-state index is -0.424. The van der Waals surface area contributed by atoms with Gasteiger partial charge < -0.3 is 14.2 Å². The number of hydrazone groups is 1. The van der Waals surface area contributed by atoms with Gasteiger partial charge in [-0.1, -0.05) is 41.9 Å². The number of aromatic nitrogens is 2. The lowest BCUT2D eigenvalue weighted by molar-refractivity contribution is 0.0950. The molecule has 1 aromatic heterocycles. The highest BCUT2D eigenvalue weighted by Gasteiger charge is 2.11. The van der Waals surface area contributed by atoms with Crippen molar-refractivity contribution in [3.05, 3.63) is 94.6 Å². The van der Waals surface area contributed by atoms with Gasteiger partial charge in [0.15, 0.2) is 11.5 Å². The van der Waals surface area contributed by atoms with Crippen LogP contribution in [0.4, 0.5) is 0 Å². The predicted octanol–water partition coefficient (Wildman–Crippen LogP) is 5.09. The number of hydrogen-bond acceptors (Lipinski definition) is 6. The molecule has 2 N–H and O–H groups in total. The van der Waals surface area contributed by atoms with Crippen LogP contribution in [0.3, 0.4) is 0 Å². The second-order valence-corrected chi connectivity index (χ2v) is 7.80. The van der Waals surface area contributed by atoms with Crippen LogP contribution in [0.1, 0.15) is 21.6 Å². The molecule has 0 aliphatic rings. The number of methoxy groups -OCH3 is 2. The van der Waals surface area contributed by atoms with Gasteiger partial charge in [-0.05, 0) is 48.0 Å². The first-order valence-corrected chi connectivity index (χ1v) is 11.0. The van der Waals surface area contributed by atoms with Gasteiger partial charge in [-0.3, -0.25) is 9.89 Å². The standard InChI is InChI=1S/C26H23ClN4O4/c1-33-24-11-10-17(12-25(24)34-2)15-28-31-26(32)23-14-22(29-30-23)18-7-5-8-20(13-18)35-16-19-6-3-4-9-21(19)27/h3-15H,16H2,1-2H3,(H,29,30)(H,31,32)/b28-15-. The smallest absolute Gasteiger partial charge is 0.289 e. The molecule has 0 saturated heterocycles. The number of rotatable bonds is 9. The average Bonchev–Trinajstić information content (AvgIpc) is 3.39. The van der Waals surface area contributed by atoms with Crippen molar-refractivity contribution in [1.82, 2.24) is 15.6 Å². The van der Waals surface area contributed by atoms with Crippen molar-refractivity contribution in [2.45, 2.75) is 6.61 Å². The van der Waals surface area contributed by atoms with Gasteiger partial charge in [0.1, 0.15) is 18.1 Å². The molecule has 0 aliphatic heterocycles. The minimum absolute atomic E-state index is 0.270. The summed E-state index contributed by atoms with van der Waals surface area (Å²) >= 11 is 6.19. The molecular formula is C26H23ClN4O4. The number of H-pyrrole nitrogens is 1. The van der Waals surface area contributed by atoms with E-state index in [4.69, 9.17) is 25.8 Å². The molecule has 0 atom stereocenters. The Morgan fingerprint density at radius 3 is 2.66 bits per heavy atom. The number of halogens is 1. The first-order chi connectivity index (χ1) is 17.1. The number of benzene rings is 3. The average molecular weight is 491 g/mol. The first kappa shape index (κ1) is 23.8. The van der Waals surface area contributed by atoms with E-state index in [2.05, 4.69) is 20.7 Å². The van der Waals surface area contributed by atoms with Crippen molar-refractivity contribution in [3.8, 4) is 28.5 Å². The van der Waals surface area contributed by atoms with E-state index < -0.39 is 5.91 Å². The van der Waals surface area contributed by atoms with Crippen LogP contribution in [0.15, 0.2) is 77.9 Å². The second-order valence-electron chi connectivity index (χ2n) is 7.39. The Labute approximate surface area is 207 Å². The maximum absolute atomic E-state index is 12.5. The van der Waals surface area contributed by atoms with Gasteiger partial charge in [0.2, 0.25) is 0 Å². The molecule has 8 nitrogen and oxygen atoms in total. The lowest BCUT2D eigenvalue weighted by Crippen LogP contribution is -2.18. The van der Waals surface area contributed by atoms with E-state index in [0.29, 0.717) is 34.6 Å². The molecule has 0 radical (unpaired) electrons. The maximum atomic E-state index is 12.5. The lowest BCUT2D eigenvalue weighted by atomic mass is 10.1. The van der Waals surface area contributed by atoms with Gasteiger partial charge in [-0.2, -0.15) is 10.2 Å². The SMILES string of the molecule is COc1ccc(/C=N\NC(=O)c2cc(-c3cccc(OCc4ccccc4Cl)c3)n[nH]2)cc1OC. The molecule has 0 spiro atoms. The molecule has 0 saturated carbocycles. The summed E-state index contributed by atoms with van der Waals surface area (Å²) in [5.41, 5.74) is 5.78. The van der Waals surface area contributed by atoms with Crippen molar-refractivity contribution in [2.75, 3.05) is 14.2 Å². The van der Waals surface area contributed by atoms with Gasteiger partial charge in [0.05, 0.1) is 26.1 Å². The molecule has 3 aromatic carbocycles. The third-order valence-electron chi connectivity index (χ3n) is 5.09. The van der Waals surface area contributed by atoms with Crippen molar-refractivity contribution < 1.29 is 19.0 Å². The molecule has 4 rings (SSSR count). The number of nitrogens with zero attached hydrogens (tertiary/aromatic N) is 2. The summed E-state index contributed by atoms with van der Waals surface area (Å²) in [4.78, 5) is 12.5. The largest absolute Gasteiger partial charge is 0.493 e. The van der Waals surface area contributed by atoms with Gasteiger partial charge in [0.25, 0.3) is 5.91 Å². The van der Waals surface area contributed by atoms with E-state index in [0.717, 1.165) is 16.7 Å². The fourth-order valence-corrected chi connectivity index (χ4v) is 3.46. The highest BCUT2D eigenvalue weighted by molar-refractivity contribution is 6.31. The highest BCUT2D eigenvalue weighted by atomic mass is 35.5. The Morgan fingerprint density at radius 1 is 1.03 bits per heavy atom. The zero-order valence-electron chi connectivity index (χ0n) is 19.1. The fourth-order valence-electron chi connectivity index (χ4n) is 3.27. The van der Waals surface area contributed by atoms with E-state index in [1.807, 2.05) is 48.5 Å². The van der Waals surface area contributed by atoms with Crippen LogP contribution in [0.2, 0.25) is 5.02 Å². The summed E-state index contributed by atoms with van der Waals surface area (Å²) < 4.78 is 16.4. The Kier molecular flexibility index (Phi) is 7.64. The van der Waals surface area contributed by atoms with Gasteiger partial charge in [0, 0.05) is 16.1 Å². The van der Waals surface area contributed by atoms with Crippen LogP contribution < -0.4 is 19.6 Å². The van der Waals surface area contributed by atoms with Crippen molar-refractivity contribution in [1.29, 1.82) is 0 Å². The molecule has 35 heavy (non-hydrogen) atoms. The van der Waals surface area contributed by atoms with E-state index in [9.17, 15) is 4.79 Å². The predicted molar refractivity (Wildman–Crippen MR) is 134 cm³/mol. The van der Waals surface area contributed by atoms with Crippen molar-refractivity contribution >= 4 is 23.7 Å². The molecule has 1 amide bonds. The van der Waals surface area contributed by atoms with Crippen LogP contribution in [0.25, 0.3) is 11.3 Å².